The van der Waals surface area contributed by atoms with Crippen molar-refractivity contribution < 1.29 is 5.11 Å². The Morgan fingerprint density at radius 1 is 1.08 bits per heavy atom. The molecule has 0 aromatic heterocycles. The average molecular weight is 332 g/mol. The summed E-state index contributed by atoms with van der Waals surface area (Å²) in [4.78, 5) is 7.34. The SMILES string of the molecule is CC(N(C)C)N1CCC(O)(c2ccccc2)C(N2CCCCC2)C1. The van der Waals surface area contributed by atoms with Crippen LogP contribution in [-0.4, -0.2) is 72.3 Å². The highest BCUT2D eigenvalue weighted by molar-refractivity contribution is 5.26. The lowest BCUT2D eigenvalue weighted by atomic mass is 9.79. The zero-order valence-electron chi connectivity index (χ0n) is 15.5. The number of hydrogen-bond donors (Lipinski definition) is 1. The summed E-state index contributed by atoms with van der Waals surface area (Å²) in [5.74, 6) is 0. The van der Waals surface area contributed by atoms with Crippen LogP contribution in [0, 0.1) is 0 Å². The van der Waals surface area contributed by atoms with Gasteiger partial charge in [-0.15, -0.1) is 0 Å². The first-order valence-corrected chi connectivity index (χ1v) is 9.45. The fourth-order valence-corrected chi connectivity index (χ4v) is 4.32. The van der Waals surface area contributed by atoms with E-state index in [0.29, 0.717) is 6.17 Å². The number of likely N-dealkylation sites (tertiary alicyclic amines) is 2. The normalized spacial score (nSPS) is 31.3. The van der Waals surface area contributed by atoms with Crippen LogP contribution in [0.4, 0.5) is 0 Å². The molecule has 3 unspecified atom stereocenters. The number of piperidine rings is 2. The van der Waals surface area contributed by atoms with Crippen molar-refractivity contribution in [3.63, 3.8) is 0 Å². The van der Waals surface area contributed by atoms with Crippen molar-refractivity contribution in [1.29, 1.82) is 0 Å². The second-order valence-corrected chi connectivity index (χ2v) is 7.74. The summed E-state index contributed by atoms with van der Waals surface area (Å²) in [5.41, 5.74) is 0.346. The maximum absolute atomic E-state index is 11.7. The maximum atomic E-state index is 11.7. The van der Waals surface area contributed by atoms with E-state index in [1.54, 1.807) is 0 Å². The van der Waals surface area contributed by atoms with E-state index >= 15 is 0 Å². The molecule has 2 fully saturated rings. The predicted octanol–water partition coefficient (Wildman–Crippen LogP) is 2.34. The van der Waals surface area contributed by atoms with Crippen LogP contribution >= 0.6 is 0 Å². The number of aliphatic hydroxyl groups is 1. The highest BCUT2D eigenvalue weighted by Crippen LogP contribution is 2.37. The van der Waals surface area contributed by atoms with Gasteiger partial charge in [-0.1, -0.05) is 36.8 Å². The van der Waals surface area contributed by atoms with Gasteiger partial charge in [0.1, 0.15) is 5.60 Å². The molecule has 2 saturated heterocycles. The van der Waals surface area contributed by atoms with Gasteiger partial charge in [0, 0.05) is 13.1 Å². The minimum absolute atomic E-state index is 0.177. The molecule has 0 aliphatic carbocycles. The van der Waals surface area contributed by atoms with Crippen molar-refractivity contribution in [2.24, 2.45) is 0 Å². The minimum atomic E-state index is -0.735. The molecule has 3 rings (SSSR count). The Labute approximate surface area is 147 Å². The third-order valence-corrected chi connectivity index (χ3v) is 6.12. The fraction of sp³-hybridized carbons (Fsp3) is 0.700. The maximum Gasteiger partial charge on any atom is 0.108 e. The minimum Gasteiger partial charge on any atom is -0.383 e. The number of nitrogens with zero attached hydrogens (tertiary/aromatic N) is 3. The van der Waals surface area contributed by atoms with Gasteiger partial charge in [0.15, 0.2) is 0 Å². The summed E-state index contributed by atoms with van der Waals surface area (Å²) in [7, 11) is 4.27. The van der Waals surface area contributed by atoms with Gasteiger partial charge in [-0.05, 0) is 58.9 Å². The van der Waals surface area contributed by atoms with Gasteiger partial charge in [-0.25, -0.2) is 0 Å². The molecule has 2 aliphatic heterocycles. The fourth-order valence-electron chi connectivity index (χ4n) is 4.32. The number of hydrogen-bond acceptors (Lipinski definition) is 4. The van der Waals surface area contributed by atoms with Gasteiger partial charge >= 0.3 is 0 Å². The van der Waals surface area contributed by atoms with Gasteiger partial charge in [-0.2, -0.15) is 0 Å². The van der Waals surface area contributed by atoms with Gasteiger partial charge < -0.3 is 5.11 Å². The quantitative estimate of drug-likeness (QED) is 0.917. The van der Waals surface area contributed by atoms with Crippen LogP contribution in [0.3, 0.4) is 0 Å². The molecule has 0 radical (unpaired) electrons. The molecule has 0 saturated carbocycles. The first-order valence-electron chi connectivity index (χ1n) is 9.45. The van der Waals surface area contributed by atoms with E-state index in [1.165, 1.54) is 19.3 Å². The standard InChI is InChI=1S/C20H33N3O/c1-17(21(2)3)23-15-12-20(24,18-10-6-4-7-11-18)19(16-23)22-13-8-5-9-14-22/h4,6-7,10-11,17,19,24H,5,8-9,12-16H2,1-3H3. The Morgan fingerprint density at radius 2 is 1.75 bits per heavy atom. The molecule has 2 aliphatic rings. The monoisotopic (exact) mass is 331 g/mol. The van der Waals surface area contributed by atoms with Crippen LogP contribution in [0.15, 0.2) is 30.3 Å². The van der Waals surface area contributed by atoms with Crippen LogP contribution in [0.25, 0.3) is 0 Å². The van der Waals surface area contributed by atoms with Crippen LogP contribution < -0.4 is 0 Å². The van der Waals surface area contributed by atoms with Crippen LogP contribution in [0.2, 0.25) is 0 Å². The first-order chi connectivity index (χ1) is 11.5. The van der Waals surface area contributed by atoms with Crippen molar-refractivity contribution in [3.8, 4) is 0 Å². The van der Waals surface area contributed by atoms with E-state index in [-0.39, 0.29) is 6.04 Å². The molecule has 2 heterocycles. The predicted molar refractivity (Wildman–Crippen MR) is 98.9 cm³/mol. The zero-order chi connectivity index (χ0) is 17.2. The lowest BCUT2D eigenvalue weighted by Gasteiger charge is -2.52. The van der Waals surface area contributed by atoms with E-state index in [2.05, 4.69) is 60.0 Å². The van der Waals surface area contributed by atoms with Gasteiger partial charge in [0.25, 0.3) is 0 Å². The van der Waals surface area contributed by atoms with Crippen molar-refractivity contribution in [2.75, 3.05) is 40.3 Å². The van der Waals surface area contributed by atoms with Gasteiger partial charge in [0.2, 0.25) is 0 Å². The summed E-state index contributed by atoms with van der Waals surface area (Å²) in [5, 5.41) is 11.7. The summed E-state index contributed by atoms with van der Waals surface area (Å²) in [6.07, 6.45) is 5.04. The molecule has 0 bridgehead atoms. The summed E-state index contributed by atoms with van der Waals surface area (Å²) >= 11 is 0. The van der Waals surface area contributed by atoms with E-state index in [0.717, 1.165) is 38.2 Å². The van der Waals surface area contributed by atoms with E-state index < -0.39 is 5.60 Å². The molecular formula is C20H33N3O. The molecule has 1 aromatic carbocycles. The van der Waals surface area contributed by atoms with Crippen LogP contribution in [-0.2, 0) is 5.60 Å². The Kier molecular flexibility index (Phi) is 5.60. The highest BCUT2D eigenvalue weighted by Gasteiger charge is 2.46. The molecule has 1 N–H and O–H groups in total. The molecule has 3 atom stereocenters. The number of rotatable bonds is 4. The molecule has 4 nitrogen and oxygen atoms in total. The highest BCUT2D eigenvalue weighted by atomic mass is 16.3. The molecule has 0 spiro atoms. The molecule has 134 valence electrons. The lowest BCUT2D eigenvalue weighted by molar-refractivity contribution is -0.118. The van der Waals surface area contributed by atoms with Crippen molar-refractivity contribution in [1.82, 2.24) is 14.7 Å². The largest absolute Gasteiger partial charge is 0.383 e. The van der Waals surface area contributed by atoms with E-state index in [1.807, 2.05) is 6.07 Å². The lowest BCUT2D eigenvalue weighted by Crippen LogP contribution is -2.63. The Morgan fingerprint density at radius 3 is 2.38 bits per heavy atom. The van der Waals surface area contributed by atoms with Crippen molar-refractivity contribution in [2.45, 2.75) is 50.4 Å². The second-order valence-electron chi connectivity index (χ2n) is 7.74. The molecule has 0 amide bonds. The molecule has 24 heavy (non-hydrogen) atoms. The summed E-state index contributed by atoms with van der Waals surface area (Å²) < 4.78 is 0. The third kappa shape index (κ3) is 3.52. The smallest absolute Gasteiger partial charge is 0.108 e. The van der Waals surface area contributed by atoms with Crippen LogP contribution in [0.1, 0.15) is 38.2 Å². The van der Waals surface area contributed by atoms with E-state index in [4.69, 9.17) is 0 Å². The summed E-state index contributed by atoms with van der Waals surface area (Å²) in [6, 6.07) is 10.5. The number of benzene rings is 1. The zero-order valence-corrected chi connectivity index (χ0v) is 15.5. The molecule has 1 aromatic rings. The van der Waals surface area contributed by atoms with Crippen molar-refractivity contribution in [3.05, 3.63) is 35.9 Å². The topological polar surface area (TPSA) is 30.0 Å². The van der Waals surface area contributed by atoms with E-state index in [9.17, 15) is 5.11 Å². The van der Waals surface area contributed by atoms with Gasteiger partial charge in [-0.3, -0.25) is 14.7 Å². The van der Waals surface area contributed by atoms with Gasteiger partial charge in [0.05, 0.1) is 12.2 Å². The summed E-state index contributed by atoms with van der Waals surface area (Å²) in [6.45, 7) is 6.37. The Balaban J connectivity index is 1.87. The molecular weight excluding hydrogens is 298 g/mol. The Hall–Kier alpha value is -0.940. The van der Waals surface area contributed by atoms with Crippen molar-refractivity contribution >= 4 is 0 Å². The second kappa shape index (κ2) is 7.52. The first kappa shape index (κ1) is 17.9. The average Bonchev–Trinajstić information content (AvgIpc) is 2.63. The Bertz CT molecular complexity index is 515. The molecule has 4 heteroatoms. The third-order valence-electron chi connectivity index (χ3n) is 6.12. The van der Waals surface area contributed by atoms with Crippen LogP contribution in [0.5, 0.6) is 0 Å².